The van der Waals surface area contributed by atoms with E-state index in [1.807, 2.05) is 6.07 Å². The van der Waals surface area contributed by atoms with Gasteiger partial charge in [0.15, 0.2) is 0 Å². The Balaban J connectivity index is 1.51. The third-order valence-corrected chi connectivity index (χ3v) is 6.57. The second-order valence-electron chi connectivity index (χ2n) is 7.26. The minimum Gasteiger partial charge on any atom is -0.387 e. The van der Waals surface area contributed by atoms with Gasteiger partial charge in [0.2, 0.25) is 10.0 Å². The molecule has 0 bridgehead atoms. The van der Waals surface area contributed by atoms with Crippen LogP contribution in [0.4, 0.5) is 5.82 Å². The maximum absolute atomic E-state index is 11.7. The smallest absolute Gasteiger partial charge is 0.211 e. The molecule has 0 aromatic carbocycles. The molecule has 1 N–H and O–H groups in total. The molecule has 3 rings (SSSR count). The molecule has 2 aliphatic rings. The number of aromatic nitrogens is 2. The summed E-state index contributed by atoms with van der Waals surface area (Å²) in [4.78, 5) is 12.7. The molecule has 25 heavy (non-hydrogen) atoms. The Morgan fingerprint density at radius 2 is 2.08 bits per heavy atom. The molecule has 3 heterocycles. The molecule has 0 saturated carbocycles. The fraction of sp³-hybridized carbons (Fsp3) is 0.750. The Morgan fingerprint density at radius 3 is 2.64 bits per heavy atom. The van der Waals surface area contributed by atoms with Crippen molar-refractivity contribution in [2.75, 3.05) is 50.9 Å². The van der Waals surface area contributed by atoms with Crippen molar-refractivity contribution in [3.05, 3.63) is 18.6 Å². The lowest BCUT2D eigenvalue weighted by atomic mass is 9.98. The first-order valence-electron chi connectivity index (χ1n) is 8.66. The van der Waals surface area contributed by atoms with Crippen LogP contribution in [0.15, 0.2) is 18.6 Å². The number of hydrogen-bond acceptors (Lipinski definition) is 7. The van der Waals surface area contributed by atoms with E-state index in [-0.39, 0.29) is 6.54 Å². The summed E-state index contributed by atoms with van der Waals surface area (Å²) < 4.78 is 24.7. The van der Waals surface area contributed by atoms with E-state index < -0.39 is 15.6 Å². The molecule has 9 heteroatoms. The first-order valence-corrected chi connectivity index (χ1v) is 10.5. The average molecular weight is 369 g/mol. The number of β-amino-alcohol motifs (C(OH)–C–C–N with tert-alkyl or cyclic N) is 1. The third kappa shape index (κ3) is 4.46. The van der Waals surface area contributed by atoms with Gasteiger partial charge in [-0.25, -0.2) is 18.4 Å². The van der Waals surface area contributed by atoms with Crippen molar-refractivity contribution >= 4 is 15.8 Å². The van der Waals surface area contributed by atoms with Crippen LogP contribution in [-0.2, 0) is 10.0 Å². The molecule has 140 valence electrons. The quantitative estimate of drug-likeness (QED) is 0.767. The van der Waals surface area contributed by atoms with E-state index >= 15 is 0 Å². The molecule has 0 radical (unpaired) electrons. The molecule has 2 saturated heterocycles. The lowest BCUT2D eigenvalue weighted by Gasteiger charge is -2.39. The fourth-order valence-corrected chi connectivity index (χ4v) is 4.69. The van der Waals surface area contributed by atoms with Crippen LogP contribution in [0, 0.1) is 0 Å². The van der Waals surface area contributed by atoms with Crippen molar-refractivity contribution in [2.24, 2.45) is 0 Å². The highest BCUT2D eigenvalue weighted by molar-refractivity contribution is 7.88. The first kappa shape index (κ1) is 18.5. The zero-order valence-corrected chi connectivity index (χ0v) is 15.7. The van der Waals surface area contributed by atoms with Gasteiger partial charge in [-0.1, -0.05) is 0 Å². The molecule has 8 nitrogen and oxygen atoms in total. The van der Waals surface area contributed by atoms with Crippen molar-refractivity contribution < 1.29 is 13.5 Å². The molecular weight excluding hydrogens is 342 g/mol. The molecular formula is C16H27N5O3S. The third-order valence-electron chi connectivity index (χ3n) is 5.32. The molecule has 0 aliphatic carbocycles. The van der Waals surface area contributed by atoms with Gasteiger partial charge in [0.1, 0.15) is 12.1 Å². The topological polar surface area (TPSA) is 89.9 Å². The van der Waals surface area contributed by atoms with Gasteiger partial charge in [-0.15, -0.1) is 0 Å². The Kier molecular flexibility index (Phi) is 5.29. The van der Waals surface area contributed by atoms with Crippen molar-refractivity contribution in [2.45, 2.75) is 30.9 Å². The summed E-state index contributed by atoms with van der Waals surface area (Å²) in [5, 5.41) is 10.8. The lowest BCUT2D eigenvalue weighted by Crippen LogP contribution is -2.50. The largest absolute Gasteiger partial charge is 0.387 e. The predicted octanol–water partition coefficient (Wildman–Crippen LogP) is -0.226. The van der Waals surface area contributed by atoms with E-state index in [1.54, 1.807) is 12.5 Å². The zero-order valence-electron chi connectivity index (χ0n) is 14.9. The van der Waals surface area contributed by atoms with Gasteiger partial charge >= 0.3 is 0 Å². The minimum absolute atomic E-state index is 0.201. The maximum Gasteiger partial charge on any atom is 0.211 e. The van der Waals surface area contributed by atoms with Crippen LogP contribution in [-0.4, -0.2) is 90.4 Å². The number of anilines is 1. The van der Waals surface area contributed by atoms with E-state index in [1.165, 1.54) is 10.6 Å². The summed E-state index contributed by atoms with van der Waals surface area (Å²) in [6, 6.07) is 2.32. The van der Waals surface area contributed by atoms with Gasteiger partial charge in [-0.2, -0.15) is 4.31 Å². The number of aliphatic hydroxyl groups is 1. The van der Waals surface area contributed by atoms with Crippen LogP contribution in [0.5, 0.6) is 0 Å². The van der Waals surface area contributed by atoms with E-state index in [2.05, 4.69) is 26.8 Å². The molecule has 2 fully saturated rings. The number of nitrogens with zero attached hydrogens (tertiary/aromatic N) is 5. The van der Waals surface area contributed by atoms with E-state index in [4.69, 9.17) is 0 Å². The fourth-order valence-electron chi connectivity index (χ4n) is 3.79. The van der Waals surface area contributed by atoms with E-state index in [0.717, 1.165) is 31.7 Å². The second kappa shape index (κ2) is 7.14. The van der Waals surface area contributed by atoms with Crippen molar-refractivity contribution in [1.29, 1.82) is 0 Å². The Morgan fingerprint density at radius 1 is 1.36 bits per heavy atom. The van der Waals surface area contributed by atoms with Crippen molar-refractivity contribution in [1.82, 2.24) is 19.2 Å². The summed E-state index contributed by atoms with van der Waals surface area (Å²) in [7, 11) is -1.18. The molecule has 0 amide bonds. The van der Waals surface area contributed by atoms with E-state index in [0.29, 0.717) is 25.6 Å². The molecule has 1 aromatic heterocycles. The Bertz CT molecular complexity index is 678. The highest BCUT2D eigenvalue weighted by atomic mass is 32.2. The first-order chi connectivity index (χ1) is 11.8. The standard InChI is InChI=1S/C16H27N5O3S/c1-19(15-3-7-17-13-18-15)14-4-8-20(9-5-14)11-16(22)6-10-21(12-16)25(2,23)24/h3,7,13-14,22H,4-6,8-12H2,1-2H3. The predicted molar refractivity (Wildman–Crippen MR) is 95.9 cm³/mol. The van der Waals surface area contributed by atoms with E-state index in [9.17, 15) is 13.5 Å². The van der Waals surface area contributed by atoms with Gasteiger partial charge in [0, 0.05) is 52.0 Å². The van der Waals surface area contributed by atoms with Gasteiger partial charge in [0.25, 0.3) is 0 Å². The maximum atomic E-state index is 11.7. The summed E-state index contributed by atoms with van der Waals surface area (Å²) >= 11 is 0. The zero-order chi connectivity index (χ0) is 18.1. The van der Waals surface area contributed by atoms with Crippen LogP contribution in [0.25, 0.3) is 0 Å². The second-order valence-corrected chi connectivity index (χ2v) is 9.24. The Labute approximate surface area is 149 Å². The lowest BCUT2D eigenvalue weighted by molar-refractivity contribution is 0.00997. The molecule has 1 atom stereocenters. The van der Waals surface area contributed by atoms with Gasteiger partial charge in [0.05, 0.1) is 11.9 Å². The monoisotopic (exact) mass is 369 g/mol. The number of rotatable bonds is 5. The molecule has 2 aliphatic heterocycles. The van der Waals surface area contributed by atoms with Crippen molar-refractivity contribution in [3.8, 4) is 0 Å². The molecule has 1 aromatic rings. The van der Waals surface area contributed by atoms with Crippen LogP contribution in [0.2, 0.25) is 0 Å². The molecule has 0 spiro atoms. The summed E-state index contributed by atoms with van der Waals surface area (Å²) in [6.45, 7) is 2.92. The number of hydrogen-bond donors (Lipinski definition) is 1. The van der Waals surface area contributed by atoms with Crippen LogP contribution in [0.1, 0.15) is 19.3 Å². The summed E-state index contributed by atoms with van der Waals surface area (Å²) in [5.41, 5.74) is -0.936. The average Bonchev–Trinajstić information content (AvgIpc) is 2.98. The minimum atomic E-state index is -3.23. The van der Waals surface area contributed by atoms with Gasteiger partial charge < -0.3 is 14.9 Å². The highest BCUT2D eigenvalue weighted by Gasteiger charge is 2.41. The van der Waals surface area contributed by atoms with Crippen LogP contribution < -0.4 is 4.90 Å². The van der Waals surface area contributed by atoms with Crippen molar-refractivity contribution in [3.63, 3.8) is 0 Å². The van der Waals surface area contributed by atoms with Gasteiger partial charge in [-0.3, -0.25) is 0 Å². The highest BCUT2D eigenvalue weighted by Crippen LogP contribution is 2.27. The Hall–Kier alpha value is -1.29. The SMILES string of the molecule is CN(c1ccncn1)C1CCN(CC2(O)CCN(S(C)(=O)=O)C2)CC1. The number of sulfonamides is 1. The summed E-state index contributed by atoms with van der Waals surface area (Å²) in [5.74, 6) is 0.923. The number of likely N-dealkylation sites (tertiary alicyclic amines) is 1. The summed E-state index contributed by atoms with van der Waals surface area (Å²) in [6.07, 6.45) is 6.99. The number of piperidine rings is 1. The van der Waals surface area contributed by atoms with Crippen LogP contribution in [0.3, 0.4) is 0 Å². The van der Waals surface area contributed by atoms with Crippen LogP contribution >= 0.6 is 0 Å². The molecule has 1 unspecified atom stereocenters. The van der Waals surface area contributed by atoms with Gasteiger partial charge in [-0.05, 0) is 25.3 Å². The normalized spacial score (nSPS) is 26.8.